The standard InChI is InChI=1S/C16H16ClNO5S/c1-2-22-16(19)11-23-12-7-9-13(10-8-12)24(20,21)18-15-6-4-3-5-14(15)17/h3-10,18H,2,11H2,1H3. The van der Waals surface area contributed by atoms with Crippen LogP contribution in [0.15, 0.2) is 53.4 Å². The highest BCUT2D eigenvalue weighted by atomic mass is 35.5. The summed E-state index contributed by atoms with van der Waals surface area (Å²) in [5.74, 6) is -0.130. The van der Waals surface area contributed by atoms with E-state index in [0.717, 1.165) is 0 Å². The molecule has 0 saturated heterocycles. The zero-order chi connectivity index (χ0) is 17.6. The minimum atomic E-state index is -3.77. The smallest absolute Gasteiger partial charge is 0.344 e. The highest BCUT2D eigenvalue weighted by Crippen LogP contribution is 2.24. The van der Waals surface area contributed by atoms with Crippen LogP contribution in [-0.2, 0) is 19.6 Å². The number of carbonyl (C=O) groups is 1. The lowest BCUT2D eigenvalue weighted by Crippen LogP contribution is -2.15. The average molecular weight is 370 g/mol. The van der Waals surface area contributed by atoms with Crippen LogP contribution in [0.2, 0.25) is 5.02 Å². The minimum absolute atomic E-state index is 0.0471. The van der Waals surface area contributed by atoms with Crippen molar-refractivity contribution < 1.29 is 22.7 Å². The van der Waals surface area contributed by atoms with Gasteiger partial charge in [-0.2, -0.15) is 0 Å². The van der Waals surface area contributed by atoms with Crippen molar-refractivity contribution in [3.63, 3.8) is 0 Å². The molecule has 0 fully saturated rings. The Morgan fingerprint density at radius 2 is 1.79 bits per heavy atom. The number of anilines is 1. The van der Waals surface area contributed by atoms with Gasteiger partial charge in [0, 0.05) is 0 Å². The number of hydrogen-bond acceptors (Lipinski definition) is 5. The largest absolute Gasteiger partial charge is 0.482 e. The van der Waals surface area contributed by atoms with Crippen LogP contribution in [0, 0.1) is 0 Å². The SMILES string of the molecule is CCOC(=O)COc1ccc(S(=O)(=O)Nc2ccccc2Cl)cc1. The van der Waals surface area contributed by atoms with Gasteiger partial charge in [0.05, 0.1) is 22.2 Å². The molecule has 0 radical (unpaired) electrons. The summed E-state index contributed by atoms with van der Waals surface area (Å²) in [5, 5.41) is 0.301. The second-order valence-corrected chi connectivity index (χ2v) is 6.74. The van der Waals surface area contributed by atoms with E-state index in [1.807, 2.05) is 0 Å². The maximum Gasteiger partial charge on any atom is 0.344 e. The van der Waals surface area contributed by atoms with Gasteiger partial charge in [-0.15, -0.1) is 0 Å². The van der Waals surface area contributed by atoms with E-state index >= 15 is 0 Å². The van der Waals surface area contributed by atoms with Gasteiger partial charge in [-0.1, -0.05) is 23.7 Å². The monoisotopic (exact) mass is 369 g/mol. The summed E-state index contributed by atoms with van der Waals surface area (Å²) >= 11 is 5.95. The molecule has 2 aromatic rings. The zero-order valence-corrected chi connectivity index (χ0v) is 14.4. The third kappa shape index (κ3) is 4.87. The minimum Gasteiger partial charge on any atom is -0.482 e. The van der Waals surface area contributed by atoms with Crippen molar-refractivity contribution in [2.75, 3.05) is 17.9 Å². The van der Waals surface area contributed by atoms with Crippen LogP contribution >= 0.6 is 11.6 Å². The lowest BCUT2D eigenvalue weighted by Gasteiger charge is -2.10. The molecule has 0 aromatic heterocycles. The molecule has 0 bridgehead atoms. The topological polar surface area (TPSA) is 81.7 Å². The molecule has 8 heteroatoms. The Kier molecular flexibility index (Phi) is 6.05. The molecule has 1 N–H and O–H groups in total. The summed E-state index contributed by atoms with van der Waals surface area (Å²) in [7, 11) is -3.77. The molecular formula is C16H16ClNO5S. The third-order valence-electron chi connectivity index (χ3n) is 2.91. The number of nitrogens with one attached hydrogen (secondary N) is 1. The van der Waals surface area contributed by atoms with E-state index in [2.05, 4.69) is 4.72 Å². The van der Waals surface area contributed by atoms with Crippen LogP contribution < -0.4 is 9.46 Å². The van der Waals surface area contributed by atoms with Gasteiger partial charge in [-0.05, 0) is 43.3 Å². The second kappa shape index (κ2) is 8.03. The van der Waals surface area contributed by atoms with Crippen LogP contribution in [0.3, 0.4) is 0 Å². The second-order valence-electron chi connectivity index (χ2n) is 4.65. The highest BCUT2D eigenvalue weighted by Gasteiger charge is 2.15. The first kappa shape index (κ1) is 18.1. The van der Waals surface area contributed by atoms with Crippen LogP contribution in [-0.4, -0.2) is 27.6 Å². The van der Waals surface area contributed by atoms with Crippen LogP contribution in [0.5, 0.6) is 5.75 Å². The molecular weight excluding hydrogens is 354 g/mol. The fourth-order valence-corrected chi connectivity index (χ4v) is 3.13. The Morgan fingerprint density at radius 1 is 1.12 bits per heavy atom. The average Bonchev–Trinajstić information content (AvgIpc) is 2.56. The molecule has 0 aliphatic carbocycles. The van der Waals surface area contributed by atoms with Gasteiger partial charge in [-0.3, -0.25) is 4.72 Å². The Labute approximate surface area is 145 Å². The van der Waals surface area contributed by atoms with Crippen molar-refractivity contribution in [1.29, 1.82) is 0 Å². The van der Waals surface area contributed by atoms with E-state index in [-0.39, 0.29) is 18.1 Å². The molecule has 0 aliphatic heterocycles. The van der Waals surface area contributed by atoms with Gasteiger partial charge in [0.2, 0.25) is 0 Å². The molecule has 0 spiro atoms. The van der Waals surface area contributed by atoms with E-state index in [1.165, 1.54) is 24.3 Å². The number of hydrogen-bond donors (Lipinski definition) is 1. The molecule has 0 amide bonds. The van der Waals surface area contributed by atoms with Gasteiger partial charge < -0.3 is 9.47 Å². The summed E-state index contributed by atoms with van der Waals surface area (Å²) in [4.78, 5) is 11.3. The molecule has 24 heavy (non-hydrogen) atoms. The predicted octanol–water partition coefficient (Wildman–Crippen LogP) is 3.08. The summed E-state index contributed by atoms with van der Waals surface area (Å²) in [6.07, 6.45) is 0. The molecule has 128 valence electrons. The van der Waals surface area contributed by atoms with Crippen LogP contribution in [0.4, 0.5) is 5.69 Å². The Bertz CT molecular complexity index is 805. The highest BCUT2D eigenvalue weighted by molar-refractivity contribution is 7.92. The van der Waals surface area contributed by atoms with Gasteiger partial charge in [0.25, 0.3) is 10.0 Å². The molecule has 0 atom stereocenters. The first-order valence-corrected chi connectivity index (χ1v) is 8.94. The van der Waals surface area contributed by atoms with E-state index in [9.17, 15) is 13.2 Å². The third-order valence-corrected chi connectivity index (χ3v) is 4.63. The maximum absolute atomic E-state index is 12.3. The van der Waals surface area contributed by atoms with Crippen molar-refractivity contribution in [2.24, 2.45) is 0 Å². The number of halogens is 1. The Morgan fingerprint density at radius 3 is 2.42 bits per heavy atom. The molecule has 0 heterocycles. The lowest BCUT2D eigenvalue weighted by molar-refractivity contribution is -0.145. The number of sulfonamides is 1. The molecule has 0 aliphatic rings. The molecule has 0 saturated carbocycles. The molecule has 6 nitrogen and oxygen atoms in total. The van der Waals surface area contributed by atoms with E-state index in [1.54, 1.807) is 31.2 Å². The number of esters is 1. The number of para-hydroxylation sites is 1. The van der Waals surface area contributed by atoms with Crippen molar-refractivity contribution in [3.05, 3.63) is 53.6 Å². The van der Waals surface area contributed by atoms with Gasteiger partial charge in [-0.25, -0.2) is 13.2 Å². The van der Waals surface area contributed by atoms with Crippen molar-refractivity contribution in [1.82, 2.24) is 0 Å². The first-order valence-electron chi connectivity index (χ1n) is 7.08. The summed E-state index contributed by atoms with van der Waals surface area (Å²) in [6.45, 7) is 1.73. The lowest BCUT2D eigenvalue weighted by atomic mass is 10.3. The van der Waals surface area contributed by atoms with E-state index in [0.29, 0.717) is 16.5 Å². The Hall–Kier alpha value is -2.25. The number of benzene rings is 2. The summed E-state index contributed by atoms with van der Waals surface area (Å²) < 4.78 is 37.0. The predicted molar refractivity (Wildman–Crippen MR) is 90.8 cm³/mol. The molecule has 2 aromatic carbocycles. The van der Waals surface area contributed by atoms with E-state index in [4.69, 9.17) is 21.1 Å². The van der Waals surface area contributed by atoms with Crippen LogP contribution in [0.1, 0.15) is 6.92 Å². The Balaban J connectivity index is 2.06. The van der Waals surface area contributed by atoms with Gasteiger partial charge >= 0.3 is 5.97 Å². The summed E-state index contributed by atoms with van der Waals surface area (Å²) in [6, 6.07) is 12.2. The van der Waals surface area contributed by atoms with E-state index < -0.39 is 16.0 Å². The number of ether oxygens (including phenoxy) is 2. The summed E-state index contributed by atoms with van der Waals surface area (Å²) in [5.41, 5.74) is 0.293. The number of rotatable bonds is 7. The fourth-order valence-electron chi connectivity index (χ4n) is 1.81. The quantitative estimate of drug-likeness (QED) is 0.758. The van der Waals surface area contributed by atoms with Crippen molar-refractivity contribution in [3.8, 4) is 5.75 Å². The van der Waals surface area contributed by atoms with Gasteiger partial charge in [0.1, 0.15) is 5.75 Å². The molecule has 2 rings (SSSR count). The van der Waals surface area contributed by atoms with Crippen LogP contribution in [0.25, 0.3) is 0 Å². The van der Waals surface area contributed by atoms with Gasteiger partial charge in [0.15, 0.2) is 6.61 Å². The first-order chi connectivity index (χ1) is 11.4. The zero-order valence-electron chi connectivity index (χ0n) is 12.9. The fraction of sp³-hybridized carbons (Fsp3) is 0.188. The van der Waals surface area contributed by atoms with Crippen molar-refractivity contribution >= 4 is 33.3 Å². The number of carbonyl (C=O) groups excluding carboxylic acids is 1. The molecule has 0 unspecified atom stereocenters. The normalized spacial score (nSPS) is 10.9. The van der Waals surface area contributed by atoms with Crippen molar-refractivity contribution in [2.45, 2.75) is 11.8 Å². The maximum atomic E-state index is 12.3.